The van der Waals surface area contributed by atoms with Crippen molar-refractivity contribution in [2.45, 2.75) is 13.0 Å². The molecule has 1 amide bonds. The molecule has 4 nitrogen and oxygen atoms in total. The van der Waals surface area contributed by atoms with Gasteiger partial charge in [0.25, 0.3) is 0 Å². The first kappa shape index (κ1) is 15.3. The topological polar surface area (TPSA) is 35.6 Å². The highest BCUT2D eigenvalue weighted by atomic mass is 35.5. The Bertz CT molecular complexity index is 435. The van der Waals surface area contributed by atoms with Crippen LogP contribution in [0.1, 0.15) is 12.0 Å². The molecule has 1 fully saturated rings. The number of likely N-dealkylation sites (N-methyl/N-ethyl adjacent to an activating group) is 1. The SMILES string of the molecule is CNCC(=O)N1CCCN(Cc2ccc(Cl)cc2)CC1. The van der Waals surface area contributed by atoms with E-state index < -0.39 is 0 Å². The zero-order valence-electron chi connectivity index (χ0n) is 11.9. The van der Waals surface area contributed by atoms with Crippen LogP contribution in [0.25, 0.3) is 0 Å². The molecule has 1 heterocycles. The van der Waals surface area contributed by atoms with E-state index in [0.29, 0.717) is 6.54 Å². The monoisotopic (exact) mass is 295 g/mol. The summed E-state index contributed by atoms with van der Waals surface area (Å²) in [6.07, 6.45) is 1.03. The van der Waals surface area contributed by atoms with E-state index in [2.05, 4.69) is 22.3 Å². The molecule has 0 saturated carbocycles. The first-order chi connectivity index (χ1) is 9.69. The number of amides is 1. The van der Waals surface area contributed by atoms with Gasteiger partial charge in [-0.3, -0.25) is 9.69 Å². The van der Waals surface area contributed by atoms with E-state index in [1.807, 2.05) is 24.1 Å². The second-order valence-electron chi connectivity index (χ2n) is 5.17. The van der Waals surface area contributed by atoms with E-state index in [-0.39, 0.29) is 5.91 Å². The molecule has 5 heteroatoms. The number of rotatable bonds is 4. The van der Waals surface area contributed by atoms with Crippen LogP contribution in [0.2, 0.25) is 5.02 Å². The van der Waals surface area contributed by atoms with E-state index in [1.165, 1.54) is 5.56 Å². The highest BCUT2D eigenvalue weighted by Gasteiger charge is 2.18. The third kappa shape index (κ3) is 4.47. The van der Waals surface area contributed by atoms with Crippen LogP contribution in [0.3, 0.4) is 0 Å². The van der Waals surface area contributed by atoms with Crippen molar-refractivity contribution in [1.82, 2.24) is 15.1 Å². The van der Waals surface area contributed by atoms with Gasteiger partial charge in [-0.05, 0) is 31.2 Å². The lowest BCUT2D eigenvalue weighted by Crippen LogP contribution is -2.39. The molecule has 1 N–H and O–H groups in total. The minimum atomic E-state index is 0.195. The first-order valence-corrected chi connectivity index (χ1v) is 7.46. The summed E-state index contributed by atoms with van der Waals surface area (Å²) in [5.74, 6) is 0.195. The summed E-state index contributed by atoms with van der Waals surface area (Å²) in [7, 11) is 1.81. The molecule has 0 aliphatic carbocycles. The predicted octanol–water partition coefficient (Wildman–Crippen LogP) is 1.59. The van der Waals surface area contributed by atoms with Crippen LogP contribution in [0.15, 0.2) is 24.3 Å². The third-order valence-electron chi connectivity index (χ3n) is 3.59. The summed E-state index contributed by atoms with van der Waals surface area (Å²) in [4.78, 5) is 16.2. The Balaban J connectivity index is 1.86. The lowest BCUT2D eigenvalue weighted by Gasteiger charge is -2.22. The molecule has 0 unspecified atom stereocenters. The Morgan fingerprint density at radius 1 is 1.20 bits per heavy atom. The van der Waals surface area contributed by atoms with Gasteiger partial charge in [-0.25, -0.2) is 0 Å². The van der Waals surface area contributed by atoms with Gasteiger partial charge < -0.3 is 10.2 Å². The number of hydrogen-bond acceptors (Lipinski definition) is 3. The van der Waals surface area contributed by atoms with Gasteiger partial charge in [0.15, 0.2) is 0 Å². The molecule has 1 saturated heterocycles. The van der Waals surface area contributed by atoms with Crippen molar-refractivity contribution < 1.29 is 4.79 Å². The fourth-order valence-electron chi connectivity index (χ4n) is 2.49. The minimum absolute atomic E-state index is 0.195. The van der Waals surface area contributed by atoms with Gasteiger partial charge in [-0.1, -0.05) is 23.7 Å². The van der Waals surface area contributed by atoms with Crippen LogP contribution in [-0.4, -0.2) is 55.5 Å². The highest BCUT2D eigenvalue weighted by Crippen LogP contribution is 2.13. The molecule has 0 bridgehead atoms. The van der Waals surface area contributed by atoms with Gasteiger partial charge >= 0.3 is 0 Å². The number of carbonyl (C=O) groups is 1. The first-order valence-electron chi connectivity index (χ1n) is 7.08. The van der Waals surface area contributed by atoms with Gasteiger partial charge in [0.05, 0.1) is 6.54 Å². The van der Waals surface area contributed by atoms with Crippen LogP contribution in [-0.2, 0) is 11.3 Å². The zero-order chi connectivity index (χ0) is 14.4. The number of benzene rings is 1. The average molecular weight is 296 g/mol. The summed E-state index contributed by atoms with van der Waals surface area (Å²) in [5.41, 5.74) is 1.27. The van der Waals surface area contributed by atoms with Crippen molar-refractivity contribution >= 4 is 17.5 Å². The Hall–Kier alpha value is -1.10. The zero-order valence-corrected chi connectivity index (χ0v) is 12.7. The minimum Gasteiger partial charge on any atom is -0.340 e. The maximum absolute atomic E-state index is 11.9. The molecule has 0 atom stereocenters. The number of halogens is 1. The molecule has 1 aromatic rings. The molecule has 1 aromatic carbocycles. The number of carbonyl (C=O) groups excluding carboxylic acids is 1. The molecule has 1 aliphatic rings. The van der Waals surface area contributed by atoms with Gasteiger partial charge in [-0.15, -0.1) is 0 Å². The Morgan fingerprint density at radius 3 is 2.65 bits per heavy atom. The molecule has 0 spiro atoms. The van der Waals surface area contributed by atoms with E-state index >= 15 is 0 Å². The van der Waals surface area contributed by atoms with Crippen molar-refractivity contribution in [2.75, 3.05) is 39.8 Å². The molecule has 1 aliphatic heterocycles. The van der Waals surface area contributed by atoms with Crippen LogP contribution in [0, 0.1) is 0 Å². The van der Waals surface area contributed by atoms with Crippen LogP contribution in [0.4, 0.5) is 0 Å². The predicted molar refractivity (Wildman–Crippen MR) is 81.9 cm³/mol. The number of hydrogen-bond donors (Lipinski definition) is 1. The van der Waals surface area contributed by atoms with Crippen LogP contribution >= 0.6 is 11.6 Å². The van der Waals surface area contributed by atoms with Crippen molar-refractivity contribution in [2.24, 2.45) is 0 Å². The Morgan fingerprint density at radius 2 is 1.95 bits per heavy atom. The van der Waals surface area contributed by atoms with Gasteiger partial charge in [-0.2, -0.15) is 0 Å². The van der Waals surface area contributed by atoms with Crippen molar-refractivity contribution in [3.8, 4) is 0 Å². The van der Waals surface area contributed by atoms with Crippen LogP contribution < -0.4 is 5.32 Å². The quantitative estimate of drug-likeness (QED) is 0.916. The molecule has 0 radical (unpaired) electrons. The lowest BCUT2D eigenvalue weighted by molar-refractivity contribution is -0.130. The standard InChI is InChI=1S/C15H22ClN3O/c1-17-11-15(20)19-8-2-7-18(9-10-19)12-13-3-5-14(16)6-4-13/h3-6,17H,2,7-12H2,1H3. The maximum atomic E-state index is 11.9. The van der Waals surface area contributed by atoms with E-state index in [1.54, 1.807) is 0 Å². The third-order valence-corrected chi connectivity index (χ3v) is 3.84. The van der Waals surface area contributed by atoms with Crippen LogP contribution in [0.5, 0.6) is 0 Å². The molecular weight excluding hydrogens is 274 g/mol. The molecule has 2 rings (SSSR count). The summed E-state index contributed by atoms with van der Waals surface area (Å²) >= 11 is 5.90. The van der Waals surface area contributed by atoms with Gasteiger partial charge in [0, 0.05) is 37.7 Å². The summed E-state index contributed by atoms with van der Waals surface area (Å²) in [5, 5.41) is 3.70. The van der Waals surface area contributed by atoms with Crippen molar-refractivity contribution in [1.29, 1.82) is 0 Å². The normalized spacial score (nSPS) is 17.0. The van der Waals surface area contributed by atoms with E-state index in [0.717, 1.165) is 44.2 Å². The average Bonchev–Trinajstić information content (AvgIpc) is 2.67. The van der Waals surface area contributed by atoms with E-state index in [4.69, 9.17) is 11.6 Å². The van der Waals surface area contributed by atoms with Crippen molar-refractivity contribution in [3.63, 3.8) is 0 Å². The molecule has 20 heavy (non-hydrogen) atoms. The second-order valence-corrected chi connectivity index (χ2v) is 5.60. The Labute approximate surface area is 125 Å². The fraction of sp³-hybridized carbons (Fsp3) is 0.533. The number of nitrogens with one attached hydrogen (secondary N) is 1. The van der Waals surface area contributed by atoms with Gasteiger partial charge in [0.1, 0.15) is 0 Å². The summed E-state index contributed by atoms with van der Waals surface area (Å²) in [6.45, 7) is 4.98. The smallest absolute Gasteiger partial charge is 0.236 e. The lowest BCUT2D eigenvalue weighted by atomic mass is 10.2. The molecule has 110 valence electrons. The molecule has 0 aromatic heterocycles. The largest absolute Gasteiger partial charge is 0.340 e. The summed E-state index contributed by atoms with van der Waals surface area (Å²) in [6, 6.07) is 7.99. The van der Waals surface area contributed by atoms with Crippen molar-refractivity contribution in [3.05, 3.63) is 34.9 Å². The summed E-state index contributed by atoms with van der Waals surface area (Å²) < 4.78 is 0. The highest BCUT2D eigenvalue weighted by molar-refractivity contribution is 6.30. The Kier molecular flexibility index (Phi) is 5.83. The number of nitrogens with zero attached hydrogens (tertiary/aromatic N) is 2. The maximum Gasteiger partial charge on any atom is 0.236 e. The fourth-order valence-corrected chi connectivity index (χ4v) is 2.62. The molecular formula is C15H22ClN3O. The van der Waals surface area contributed by atoms with Gasteiger partial charge in [0.2, 0.25) is 5.91 Å². The second kappa shape index (κ2) is 7.62. The van der Waals surface area contributed by atoms with E-state index in [9.17, 15) is 4.79 Å².